The summed E-state index contributed by atoms with van der Waals surface area (Å²) in [6, 6.07) is 3.12. The Morgan fingerprint density at radius 3 is 2.00 bits per heavy atom. The fourth-order valence-electron chi connectivity index (χ4n) is 0.802. The minimum atomic E-state index is 0.320. The average Bonchev–Trinajstić information content (AvgIpc) is 1.72. The van der Waals surface area contributed by atoms with E-state index in [1.54, 1.807) is 18.5 Å². The van der Waals surface area contributed by atoms with Crippen molar-refractivity contribution in [1.29, 1.82) is 0 Å². The monoisotopic (exact) mass is 117 g/mol. The average molecular weight is 117 g/mol. The van der Waals surface area contributed by atoms with Crippen LogP contribution in [0, 0.1) is 0 Å². The van der Waals surface area contributed by atoms with Crippen LogP contribution in [0.2, 0.25) is 12.1 Å². The van der Waals surface area contributed by atoms with E-state index in [2.05, 4.69) is 4.65 Å². The van der Waals surface area contributed by atoms with E-state index in [4.69, 9.17) is 0 Å². The highest BCUT2D eigenvalue weighted by atomic mass is 28.3. The Kier molecular flexibility index (Phi) is 1.93. The van der Waals surface area contributed by atoms with Crippen LogP contribution in [-0.4, -0.2) is 19.4 Å². The molecule has 0 aliphatic carbocycles. The van der Waals surface area contributed by atoms with Gasteiger partial charge in [-0.2, -0.15) is 0 Å². The summed E-state index contributed by atoms with van der Waals surface area (Å²) >= 11 is 0. The fraction of sp³-hybridized carbons (Fsp3) is 1.00. The van der Waals surface area contributed by atoms with Crippen molar-refractivity contribution in [1.82, 2.24) is 4.65 Å². The van der Waals surface area contributed by atoms with Crippen molar-refractivity contribution in [3.63, 3.8) is 0 Å². The Labute approximate surface area is 43.3 Å². The molecular formula is C3H11NSi2. The van der Waals surface area contributed by atoms with Crippen molar-refractivity contribution in [2.75, 3.05) is 0 Å². The van der Waals surface area contributed by atoms with Crippen LogP contribution in [0.4, 0.5) is 0 Å². The van der Waals surface area contributed by atoms with Gasteiger partial charge < -0.3 is 4.65 Å². The van der Waals surface area contributed by atoms with Gasteiger partial charge in [-0.05, 0) is 0 Å². The molecule has 0 aromatic rings. The lowest BCUT2D eigenvalue weighted by atomic mass is 10.6. The van der Waals surface area contributed by atoms with Crippen LogP contribution in [0.5, 0.6) is 0 Å². The van der Waals surface area contributed by atoms with Crippen LogP contribution in [-0.2, 0) is 0 Å². The first-order chi connectivity index (χ1) is 3.00. The quantitative estimate of drug-likeness (QED) is 0.401. The molecule has 0 radical (unpaired) electrons. The number of rotatable bonds is 0. The number of hydrogen-bond donors (Lipinski definition) is 1. The van der Waals surface area contributed by atoms with E-state index >= 15 is 0 Å². The molecule has 3 heteroatoms. The first-order valence-corrected chi connectivity index (χ1v) is 6.12. The second-order valence-corrected chi connectivity index (χ2v) is 6.22. The van der Waals surface area contributed by atoms with E-state index in [1.807, 2.05) is 0 Å². The summed E-state index contributed by atoms with van der Waals surface area (Å²) in [6.07, 6.45) is 1.56. The molecular weight excluding hydrogens is 106 g/mol. The van der Waals surface area contributed by atoms with Gasteiger partial charge in [0.15, 0.2) is 0 Å². The lowest BCUT2D eigenvalue weighted by Crippen LogP contribution is -2.27. The van der Waals surface area contributed by atoms with Gasteiger partial charge in [0.05, 0.1) is 19.4 Å². The lowest BCUT2D eigenvalue weighted by molar-refractivity contribution is 1.02. The Morgan fingerprint density at radius 2 is 1.83 bits per heavy atom. The summed E-state index contributed by atoms with van der Waals surface area (Å²) in [5, 5.41) is 0. The summed E-state index contributed by atoms with van der Waals surface area (Å²) in [6.45, 7) is 0. The van der Waals surface area contributed by atoms with Crippen LogP contribution in [0.15, 0.2) is 0 Å². The second-order valence-electron chi connectivity index (χ2n) is 1.81. The molecule has 1 N–H and O–H groups in total. The van der Waals surface area contributed by atoms with E-state index in [-0.39, 0.29) is 0 Å². The zero-order chi connectivity index (χ0) is 4.24. The molecule has 0 bridgehead atoms. The van der Waals surface area contributed by atoms with Crippen molar-refractivity contribution >= 4 is 19.4 Å². The maximum atomic E-state index is 3.56. The third kappa shape index (κ3) is 1.24. The predicted molar refractivity (Wildman–Crippen MR) is 34.5 cm³/mol. The van der Waals surface area contributed by atoms with Gasteiger partial charge in [0.25, 0.3) is 0 Å². The van der Waals surface area contributed by atoms with Crippen LogP contribution in [0.25, 0.3) is 0 Å². The minimum absolute atomic E-state index is 0.320. The van der Waals surface area contributed by atoms with E-state index < -0.39 is 0 Å². The van der Waals surface area contributed by atoms with E-state index in [9.17, 15) is 0 Å². The number of nitrogens with one attached hydrogen (secondary N) is 1. The summed E-state index contributed by atoms with van der Waals surface area (Å²) in [5.41, 5.74) is 0. The van der Waals surface area contributed by atoms with Crippen LogP contribution in [0.1, 0.15) is 6.42 Å². The summed E-state index contributed by atoms with van der Waals surface area (Å²) < 4.78 is 3.56. The maximum absolute atomic E-state index is 3.56. The molecule has 1 heterocycles. The fourth-order valence-corrected chi connectivity index (χ4v) is 5.72. The van der Waals surface area contributed by atoms with E-state index in [0.29, 0.717) is 19.4 Å². The molecule has 0 aromatic heterocycles. The number of hydrogen-bond acceptors (Lipinski definition) is 1. The molecule has 0 spiro atoms. The highest BCUT2D eigenvalue weighted by Crippen LogP contribution is 1.96. The Bertz CT molecular complexity index is 24.3. The van der Waals surface area contributed by atoms with E-state index in [1.165, 1.54) is 0 Å². The molecule has 1 nitrogen and oxygen atoms in total. The van der Waals surface area contributed by atoms with Gasteiger partial charge >= 0.3 is 0 Å². The largest absolute Gasteiger partial charge is 0.369 e. The molecule has 1 rings (SSSR count). The zero-order valence-corrected chi connectivity index (χ0v) is 6.86. The Morgan fingerprint density at radius 1 is 1.17 bits per heavy atom. The third-order valence-electron chi connectivity index (χ3n) is 1.21. The van der Waals surface area contributed by atoms with Gasteiger partial charge in [0.1, 0.15) is 0 Å². The third-order valence-corrected chi connectivity index (χ3v) is 5.74. The van der Waals surface area contributed by atoms with Gasteiger partial charge in [-0.3, -0.25) is 0 Å². The van der Waals surface area contributed by atoms with E-state index in [0.717, 1.165) is 0 Å². The van der Waals surface area contributed by atoms with Gasteiger partial charge in [-0.1, -0.05) is 18.5 Å². The van der Waals surface area contributed by atoms with Crippen molar-refractivity contribution in [2.45, 2.75) is 18.5 Å². The van der Waals surface area contributed by atoms with Crippen LogP contribution in [0.3, 0.4) is 0 Å². The molecule has 0 amide bonds. The molecule has 1 fully saturated rings. The molecule has 36 valence electrons. The maximum Gasteiger partial charge on any atom is 0.0844 e. The van der Waals surface area contributed by atoms with Crippen LogP contribution >= 0.6 is 0 Å². The van der Waals surface area contributed by atoms with Crippen molar-refractivity contribution in [3.8, 4) is 0 Å². The van der Waals surface area contributed by atoms with Crippen molar-refractivity contribution < 1.29 is 0 Å². The summed E-state index contributed by atoms with van der Waals surface area (Å²) in [5.74, 6) is 0. The zero-order valence-electron chi connectivity index (χ0n) is 4.04. The normalized spacial score (nSPS) is 32.0. The Hall–Kier alpha value is 0.394. The molecule has 0 aromatic carbocycles. The minimum Gasteiger partial charge on any atom is -0.369 e. The summed E-state index contributed by atoms with van der Waals surface area (Å²) in [4.78, 5) is 0. The first kappa shape index (κ1) is 4.55. The van der Waals surface area contributed by atoms with Gasteiger partial charge in [0, 0.05) is 0 Å². The molecule has 0 saturated carbocycles. The highest BCUT2D eigenvalue weighted by Gasteiger charge is 1.95. The highest BCUT2D eigenvalue weighted by molar-refractivity contribution is 6.52. The van der Waals surface area contributed by atoms with Gasteiger partial charge in [-0.25, -0.2) is 0 Å². The molecule has 1 aliphatic heterocycles. The topological polar surface area (TPSA) is 12.0 Å². The molecule has 0 atom stereocenters. The molecule has 6 heavy (non-hydrogen) atoms. The van der Waals surface area contributed by atoms with Gasteiger partial charge in [-0.15, -0.1) is 0 Å². The molecule has 1 saturated heterocycles. The molecule has 0 unspecified atom stereocenters. The van der Waals surface area contributed by atoms with Crippen LogP contribution < -0.4 is 4.65 Å². The molecule has 1 aliphatic rings. The second kappa shape index (κ2) is 2.55. The van der Waals surface area contributed by atoms with Crippen molar-refractivity contribution in [3.05, 3.63) is 0 Å². The van der Waals surface area contributed by atoms with Crippen molar-refractivity contribution in [2.24, 2.45) is 0 Å². The SMILES string of the molecule is C1C[SiH2]N[SiH2]C1. The lowest BCUT2D eigenvalue weighted by Gasteiger charge is -2.07. The smallest absolute Gasteiger partial charge is 0.0844 e. The Balaban J connectivity index is 2.00. The standard InChI is InChI=1S/C3H11NSi2/c1-2-5-4-6-3-1/h4H,1-3,5-6H2. The van der Waals surface area contributed by atoms with Gasteiger partial charge in [0.2, 0.25) is 0 Å². The predicted octanol–water partition coefficient (Wildman–Crippen LogP) is -1.02. The first-order valence-electron chi connectivity index (χ1n) is 2.71. The summed E-state index contributed by atoms with van der Waals surface area (Å²) in [7, 11) is 0.640.